The van der Waals surface area contributed by atoms with Gasteiger partial charge in [-0.25, -0.2) is 13.1 Å². The van der Waals surface area contributed by atoms with Gasteiger partial charge in [0.2, 0.25) is 10.0 Å². The van der Waals surface area contributed by atoms with E-state index in [1.807, 2.05) is 6.92 Å². The van der Waals surface area contributed by atoms with Gasteiger partial charge < -0.3 is 10.6 Å². The van der Waals surface area contributed by atoms with Gasteiger partial charge in [-0.05, 0) is 39.0 Å². The number of hydrogen-bond donors (Lipinski definition) is 2. The van der Waals surface area contributed by atoms with Gasteiger partial charge >= 0.3 is 0 Å². The first-order valence-corrected chi connectivity index (χ1v) is 8.27. The topological polar surface area (TPSA) is 92.5 Å². The van der Waals surface area contributed by atoms with Crippen LogP contribution in [0.3, 0.4) is 0 Å². The van der Waals surface area contributed by atoms with Crippen molar-refractivity contribution in [2.45, 2.75) is 37.8 Å². The predicted octanol–water partition coefficient (Wildman–Crippen LogP) is 0.793. The highest BCUT2D eigenvalue weighted by Crippen LogP contribution is 2.14. The first kappa shape index (κ1) is 17.6. The van der Waals surface area contributed by atoms with E-state index in [-0.39, 0.29) is 22.9 Å². The molecule has 0 saturated heterocycles. The summed E-state index contributed by atoms with van der Waals surface area (Å²) in [5.41, 5.74) is 5.87. The highest BCUT2D eigenvalue weighted by molar-refractivity contribution is 7.89. The Morgan fingerprint density at radius 3 is 2.48 bits per heavy atom. The number of rotatable bonds is 6. The number of benzene rings is 1. The minimum absolute atomic E-state index is 0.0795. The van der Waals surface area contributed by atoms with Crippen LogP contribution in [0.25, 0.3) is 0 Å². The molecule has 0 spiro atoms. The first-order chi connectivity index (χ1) is 9.69. The number of nitrogens with one attached hydrogen (secondary N) is 1. The molecule has 1 atom stereocenters. The summed E-state index contributed by atoms with van der Waals surface area (Å²) in [4.78, 5) is 13.9. The molecular formula is C14H23N3O3S. The highest BCUT2D eigenvalue weighted by Gasteiger charge is 2.20. The Hall–Kier alpha value is -1.44. The fourth-order valence-electron chi connectivity index (χ4n) is 1.74. The van der Waals surface area contributed by atoms with Crippen LogP contribution < -0.4 is 10.5 Å². The maximum absolute atomic E-state index is 12.3. The Bertz CT molecular complexity index is 599. The Kier molecular flexibility index (Phi) is 5.88. The zero-order valence-electron chi connectivity index (χ0n) is 12.8. The van der Waals surface area contributed by atoms with E-state index in [1.54, 1.807) is 33.0 Å². The maximum atomic E-state index is 12.3. The molecule has 118 valence electrons. The lowest BCUT2D eigenvalue weighted by Gasteiger charge is -2.23. The molecule has 1 unspecified atom stereocenters. The average Bonchev–Trinajstić information content (AvgIpc) is 2.43. The summed E-state index contributed by atoms with van der Waals surface area (Å²) in [7, 11) is -1.97. The number of amides is 1. The number of nitrogens with two attached hydrogens (primary N) is 1. The van der Waals surface area contributed by atoms with Gasteiger partial charge in [0.25, 0.3) is 5.91 Å². The molecule has 0 aliphatic heterocycles. The van der Waals surface area contributed by atoms with E-state index < -0.39 is 10.0 Å². The lowest BCUT2D eigenvalue weighted by molar-refractivity contribution is 0.0748. The van der Waals surface area contributed by atoms with Gasteiger partial charge in [0.1, 0.15) is 0 Å². The molecule has 1 rings (SSSR count). The second-order valence-electron chi connectivity index (χ2n) is 5.30. The molecule has 1 aromatic rings. The Labute approximate surface area is 126 Å². The quantitative estimate of drug-likeness (QED) is 0.812. The molecule has 0 bridgehead atoms. The fourth-order valence-corrected chi connectivity index (χ4v) is 3.03. The molecule has 0 aliphatic carbocycles. The van der Waals surface area contributed by atoms with Gasteiger partial charge in [0, 0.05) is 31.2 Å². The van der Waals surface area contributed by atoms with Gasteiger partial charge in [-0.1, -0.05) is 6.07 Å². The molecule has 21 heavy (non-hydrogen) atoms. The molecule has 0 saturated carbocycles. The number of nitrogens with zero attached hydrogens (tertiary/aromatic N) is 1. The number of carbonyl (C=O) groups excluding carboxylic acids is 1. The summed E-state index contributed by atoms with van der Waals surface area (Å²) in [6, 6.07) is 5.67. The smallest absolute Gasteiger partial charge is 0.253 e. The van der Waals surface area contributed by atoms with Crippen LogP contribution in [0, 0.1) is 0 Å². The molecule has 0 radical (unpaired) electrons. The van der Waals surface area contributed by atoms with Crippen LogP contribution >= 0.6 is 0 Å². The van der Waals surface area contributed by atoms with Crippen molar-refractivity contribution in [3.05, 3.63) is 29.8 Å². The van der Waals surface area contributed by atoms with Crippen molar-refractivity contribution in [3.8, 4) is 0 Å². The molecule has 0 heterocycles. The molecule has 0 aromatic heterocycles. The summed E-state index contributed by atoms with van der Waals surface area (Å²) in [6.45, 7) is 5.65. The second kappa shape index (κ2) is 7.02. The van der Waals surface area contributed by atoms with E-state index >= 15 is 0 Å². The predicted molar refractivity (Wildman–Crippen MR) is 82.5 cm³/mol. The van der Waals surface area contributed by atoms with E-state index in [2.05, 4.69) is 4.72 Å². The molecule has 0 aliphatic rings. The Morgan fingerprint density at radius 1 is 1.33 bits per heavy atom. The number of carbonyl (C=O) groups is 1. The Balaban J connectivity index is 3.09. The van der Waals surface area contributed by atoms with Crippen LogP contribution in [-0.4, -0.2) is 44.9 Å². The molecule has 7 heteroatoms. The average molecular weight is 313 g/mol. The summed E-state index contributed by atoms with van der Waals surface area (Å²) in [5.74, 6) is -0.255. The van der Waals surface area contributed by atoms with E-state index in [0.29, 0.717) is 12.1 Å². The zero-order chi connectivity index (χ0) is 16.2. The van der Waals surface area contributed by atoms with Crippen molar-refractivity contribution in [2.24, 2.45) is 5.73 Å². The third-order valence-electron chi connectivity index (χ3n) is 3.10. The van der Waals surface area contributed by atoms with E-state index in [1.165, 1.54) is 17.0 Å². The second-order valence-corrected chi connectivity index (χ2v) is 7.02. The Morgan fingerprint density at radius 2 is 1.95 bits per heavy atom. The lowest BCUT2D eigenvalue weighted by Crippen LogP contribution is -2.39. The molecule has 1 aromatic carbocycles. The van der Waals surface area contributed by atoms with Crippen LogP contribution in [0.5, 0.6) is 0 Å². The fraction of sp³-hybridized carbons (Fsp3) is 0.500. The molecule has 6 nitrogen and oxygen atoms in total. The summed E-state index contributed by atoms with van der Waals surface area (Å²) >= 11 is 0. The summed E-state index contributed by atoms with van der Waals surface area (Å²) in [6.07, 6.45) is 0. The minimum atomic E-state index is -3.61. The summed E-state index contributed by atoms with van der Waals surface area (Å²) < 4.78 is 26.7. The zero-order valence-corrected chi connectivity index (χ0v) is 13.6. The van der Waals surface area contributed by atoms with Gasteiger partial charge in [-0.2, -0.15) is 0 Å². The molecule has 1 amide bonds. The standard InChI is InChI=1S/C14H23N3O3S/c1-10(2)16-21(19,20)13-7-5-6-12(8-13)14(18)17(4)11(3)9-15/h5-8,10-11,16H,9,15H2,1-4H3. The van der Waals surface area contributed by atoms with E-state index in [4.69, 9.17) is 5.73 Å². The molecule has 0 fully saturated rings. The van der Waals surface area contributed by atoms with Crippen molar-refractivity contribution < 1.29 is 13.2 Å². The van der Waals surface area contributed by atoms with E-state index in [9.17, 15) is 13.2 Å². The van der Waals surface area contributed by atoms with Gasteiger partial charge in [0.15, 0.2) is 0 Å². The third-order valence-corrected chi connectivity index (χ3v) is 4.76. The first-order valence-electron chi connectivity index (χ1n) is 6.78. The largest absolute Gasteiger partial charge is 0.338 e. The number of likely N-dealkylation sites (N-methyl/N-ethyl adjacent to an activating group) is 1. The van der Waals surface area contributed by atoms with Crippen LogP contribution in [0.4, 0.5) is 0 Å². The van der Waals surface area contributed by atoms with Gasteiger partial charge in [-0.3, -0.25) is 4.79 Å². The minimum Gasteiger partial charge on any atom is -0.338 e. The van der Waals surface area contributed by atoms with E-state index in [0.717, 1.165) is 0 Å². The van der Waals surface area contributed by atoms with Crippen LogP contribution in [0.1, 0.15) is 31.1 Å². The van der Waals surface area contributed by atoms with Crippen molar-refractivity contribution in [2.75, 3.05) is 13.6 Å². The van der Waals surface area contributed by atoms with Crippen LogP contribution in [0.15, 0.2) is 29.2 Å². The number of hydrogen-bond acceptors (Lipinski definition) is 4. The molecule has 3 N–H and O–H groups in total. The third kappa shape index (κ3) is 4.52. The van der Waals surface area contributed by atoms with Crippen LogP contribution in [0.2, 0.25) is 0 Å². The van der Waals surface area contributed by atoms with Crippen LogP contribution in [-0.2, 0) is 10.0 Å². The van der Waals surface area contributed by atoms with Gasteiger partial charge in [-0.15, -0.1) is 0 Å². The normalized spacial score (nSPS) is 13.2. The lowest BCUT2D eigenvalue weighted by atomic mass is 10.2. The van der Waals surface area contributed by atoms with Crippen molar-refractivity contribution in [1.82, 2.24) is 9.62 Å². The highest BCUT2D eigenvalue weighted by atomic mass is 32.2. The van der Waals surface area contributed by atoms with Crippen molar-refractivity contribution >= 4 is 15.9 Å². The SMILES string of the molecule is CC(C)NS(=O)(=O)c1cccc(C(=O)N(C)C(C)CN)c1. The van der Waals surface area contributed by atoms with Crippen molar-refractivity contribution in [3.63, 3.8) is 0 Å². The van der Waals surface area contributed by atoms with Gasteiger partial charge in [0.05, 0.1) is 4.90 Å². The number of sulfonamides is 1. The molecular weight excluding hydrogens is 290 g/mol. The monoisotopic (exact) mass is 313 g/mol. The summed E-state index contributed by atoms with van der Waals surface area (Å²) in [5, 5.41) is 0. The maximum Gasteiger partial charge on any atom is 0.253 e. The van der Waals surface area contributed by atoms with Crippen molar-refractivity contribution in [1.29, 1.82) is 0 Å².